The number of halogens is 2. The Labute approximate surface area is 518 Å². The van der Waals surface area contributed by atoms with Crippen LogP contribution >= 0.6 is 0 Å². The zero-order valence-corrected chi connectivity index (χ0v) is 50.8. The Morgan fingerprint density at radius 1 is 0.615 bits per heavy atom. The van der Waals surface area contributed by atoms with Gasteiger partial charge in [-0.3, -0.25) is 14.8 Å². The number of nitrogens with one attached hydrogen (secondary N) is 3. The maximum absolute atomic E-state index is 14.5. The number of methoxy groups -OCH3 is 2. The summed E-state index contributed by atoms with van der Waals surface area (Å²) in [4.78, 5) is 63.5. The van der Waals surface area contributed by atoms with Crippen molar-refractivity contribution in [3.8, 4) is 56.3 Å². The average Bonchev–Trinajstić information content (AvgIpc) is 1.66. The average molecular weight is 1240 g/mol. The summed E-state index contributed by atoms with van der Waals surface area (Å²) in [7, 11) is 3.17. The second-order valence-electron chi connectivity index (χ2n) is 22.6. The highest BCUT2D eigenvalue weighted by atomic mass is 19.1. The summed E-state index contributed by atoms with van der Waals surface area (Å²) >= 11 is 0. The van der Waals surface area contributed by atoms with Crippen LogP contribution in [0.4, 0.5) is 8.78 Å². The molecule has 468 valence electrons. The van der Waals surface area contributed by atoms with Gasteiger partial charge in [-0.15, -0.1) is 0 Å². The lowest BCUT2D eigenvalue weighted by molar-refractivity contribution is 0.0683. The number of pyridine rings is 2. The number of aromatic amines is 2. The maximum atomic E-state index is 14.5. The molecular formula is C66H66F2N14O9. The van der Waals surface area contributed by atoms with E-state index in [-0.39, 0.29) is 30.9 Å². The molecule has 91 heavy (non-hydrogen) atoms. The van der Waals surface area contributed by atoms with Gasteiger partial charge in [-0.2, -0.15) is 0 Å². The minimum Gasteiger partial charge on any atom is -0.496 e. The third-order valence-corrected chi connectivity index (χ3v) is 16.8. The fourth-order valence-electron chi connectivity index (χ4n) is 12.4. The molecule has 14 rings (SSSR count). The number of aromatic nitrogens is 10. The highest BCUT2D eigenvalue weighted by molar-refractivity contribution is 6.18. The number of carbonyl (C=O) groups is 2. The predicted octanol–water partition coefficient (Wildman–Crippen LogP) is 9.78. The lowest BCUT2D eigenvalue weighted by Gasteiger charge is -2.31. The van der Waals surface area contributed by atoms with Crippen LogP contribution in [0.3, 0.4) is 0 Å². The van der Waals surface area contributed by atoms with E-state index in [0.29, 0.717) is 119 Å². The first-order valence-corrected chi connectivity index (χ1v) is 29.8. The summed E-state index contributed by atoms with van der Waals surface area (Å²) in [5.41, 5.74) is 15.7. The van der Waals surface area contributed by atoms with Gasteiger partial charge in [-0.1, -0.05) is 10.3 Å². The van der Waals surface area contributed by atoms with E-state index in [1.54, 1.807) is 50.9 Å². The second kappa shape index (κ2) is 25.9. The smallest absolute Gasteiger partial charge is 0.374 e. The van der Waals surface area contributed by atoms with Crippen LogP contribution in [0.5, 0.6) is 11.5 Å². The molecule has 2 fully saturated rings. The number of ether oxygens (including phenoxy) is 2. The van der Waals surface area contributed by atoms with Crippen molar-refractivity contribution >= 4 is 77.6 Å². The molecule has 0 saturated carbocycles. The standard InChI is InChI=1S/C33H32FN7O4.C26H18FN5O4.C7H16N2O/c1-17-28(18(2)45-40-17)24-15-26-23(16-27(24)44-3)29-30(21-6-9-35-25-5-4-19(34)14-22(21)25)38-32(39-31(29)37-26)33(43)36-20-7-10-41(11-8-20)12-13-42;1-11-21(12(2)36-32-11)17-9-19-16(10-20(17)35-3)22-23(30-25(26(33)34)31-24(22)29-19)14-6-7-28-18-5-4-13(27)8-15(14)18;8-7-1-3-9(4-2-7)5-6-10/h4-6,9,14-16,20,42H,7-8,10-13H2,1-3H3,(H,36,43)(H,37,38,39);4-10H,1-3H3,(H,33,34)(H,29,30,31);7,10H,1-6,8H2. The Kier molecular flexibility index (Phi) is 17.4. The SMILES string of the molecule is COc1cc2c(cc1-c1c(C)noc1C)[nH]c1nc(C(=O)NC3CCN(CCO)CC3)nc(-c3ccnc4ccc(F)cc34)c12.COc1cc2c(cc1-c1c(C)noc1C)[nH]c1nc(C(=O)O)nc(-c3ccnc4ccc(F)cc34)c12.NC1CCN(CCO)CC1. The zero-order chi connectivity index (χ0) is 63.8. The van der Waals surface area contributed by atoms with Crippen LogP contribution < -0.4 is 20.5 Å². The molecule has 4 aromatic carbocycles. The number of likely N-dealkylation sites (tertiary alicyclic amines) is 2. The van der Waals surface area contributed by atoms with E-state index in [2.05, 4.69) is 55.3 Å². The van der Waals surface area contributed by atoms with E-state index in [1.165, 1.54) is 24.3 Å². The summed E-state index contributed by atoms with van der Waals surface area (Å²) in [5, 5.41) is 42.7. The summed E-state index contributed by atoms with van der Waals surface area (Å²) in [6, 6.07) is 20.1. The molecule has 0 atom stereocenters. The van der Waals surface area contributed by atoms with Crippen LogP contribution in [-0.2, 0) is 0 Å². The first kappa shape index (κ1) is 61.3. The summed E-state index contributed by atoms with van der Waals surface area (Å²) in [6.45, 7) is 12.9. The van der Waals surface area contributed by atoms with Crippen molar-refractivity contribution in [1.29, 1.82) is 0 Å². The number of carboxylic acids is 1. The number of hydrogen-bond acceptors (Lipinski definition) is 19. The van der Waals surface area contributed by atoms with Crippen LogP contribution in [0.25, 0.3) is 110 Å². The number of aryl methyl sites for hydroxylation is 4. The molecule has 0 radical (unpaired) electrons. The Bertz CT molecular complexity index is 4700. The molecule has 2 saturated heterocycles. The van der Waals surface area contributed by atoms with Crippen molar-refractivity contribution in [1.82, 2.24) is 65.3 Å². The van der Waals surface area contributed by atoms with Crippen molar-refractivity contribution < 1.29 is 52.2 Å². The molecule has 0 bridgehead atoms. The lowest BCUT2D eigenvalue weighted by atomic mass is 9.99. The molecule has 12 aromatic rings. The quantitative estimate of drug-likeness (QED) is 0.0564. The van der Waals surface area contributed by atoms with E-state index in [4.69, 9.17) is 39.3 Å². The summed E-state index contributed by atoms with van der Waals surface area (Å²) in [5.74, 6) is -0.438. The number of aliphatic hydroxyl groups excluding tert-OH is 2. The van der Waals surface area contributed by atoms with Crippen molar-refractivity contribution in [3.63, 3.8) is 0 Å². The van der Waals surface area contributed by atoms with Gasteiger partial charge in [0.25, 0.3) is 5.91 Å². The molecule has 8 N–H and O–H groups in total. The Morgan fingerprint density at radius 2 is 1.07 bits per heavy atom. The molecule has 0 spiro atoms. The van der Waals surface area contributed by atoms with Crippen LogP contribution in [0.2, 0.25) is 0 Å². The number of carbonyl (C=O) groups excluding carboxylic acids is 1. The number of aliphatic hydroxyl groups is 2. The molecule has 23 nitrogen and oxygen atoms in total. The summed E-state index contributed by atoms with van der Waals surface area (Å²) < 4.78 is 51.1. The molecule has 2 aliphatic heterocycles. The number of fused-ring (bicyclic) bond motifs is 8. The minimum atomic E-state index is -1.28. The molecule has 0 unspecified atom stereocenters. The molecular weight excluding hydrogens is 1170 g/mol. The molecule has 25 heteroatoms. The Hall–Kier alpha value is -9.92. The molecule has 10 heterocycles. The molecule has 1 amide bonds. The fourth-order valence-corrected chi connectivity index (χ4v) is 12.4. The Morgan fingerprint density at radius 3 is 1.49 bits per heavy atom. The van der Waals surface area contributed by atoms with Crippen LogP contribution in [0.1, 0.15) is 69.8 Å². The number of rotatable bonds is 13. The third kappa shape index (κ3) is 12.2. The Balaban J connectivity index is 0.000000155. The highest BCUT2D eigenvalue weighted by Crippen LogP contribution is 2.44. The van der Waals surface area contributed by atoms with Gasteiger partial charge in [-0.25, -0.2) is 33.5 Å². The number of carboxylic acid groups (broad SMARTS) is 1. The lowest BCUT2D eigenvalue weighted by Crippen LogP contribution is -2.45. The van der Waals surface area contributed by atoms with Gasteiger partial charge in [0, 0.05) is 105 Å². The molecule has 8 aromatic heterocycles. The van der Waals surface area contributed by atoms with Crippen LogP contribution in [0.15, 0.2) is 94.2 Å². The summed E-state index contributed by atoms with van der Waals surface area (Å²) in [6.07, 6.45) is 6.90. The number of amides is 1. The predicted molar refractivity (Wildman–Crippen MR) is 339 cm³/mol. The van der Waals surface area contributed by atoms with Gasteiger partial charge in [0.05, 0.1) is 83.1 Å². The number of β-amino-alcohol motifs (C(OH)–C–C–N with tert-alkyl or cyclic N) is 2. The number of aromatic carboxylic acids is 1. The van der Waals surface area contributed by atoms with Crippen molar-refractivity contribution in [2.24, 2.45) is 5.73 Å². The van der Waals surface area contributed by atoms with Crippen molar-refractivity contribution in [2.45, 2.75) is 65.5 Å². The van der Waals surface area contributed by atoms with Crippen LogP contribution in [0, 0.1) is 39.3 Å². The van der Waals surface area contributed by atoms with E-state index in [1.807, 2.05) is 52.0 Å². The van der Waals surface area contributed by atoms with Gasteiger partial charge in [0.1, 0.15) is 45.9 Å². The third-order valence-electron chi connectivity index (χ3n) is 16.8. The molecule has 2 aliphatic rings. The van der Waals surface area contributed by atoms with Gasteiger partial charge < -0.3 is 64.7 Å². The normalized spacial score (nSPS) is 14.3. The van der Waals surface area contributed by atoms with Gasteiger partial charge >= 0.3 is 5.97 Å². The van der Waals surface area contributed by atoms with E-state index < -0.39 is 23.5 Å². The van der Waals surface area contributed by atoms with Gasteiger partial charge in [-0.05, 0) is 139 Å². The zero-order valence-electron chi connectivity index (χ0n) is 50.8. The topological polar surface area (TPSA) is 319 Å². The fraction of sp³-hybridized carbons (Fsp3) is 0.303. The highest BCUT2D eigenvalue weighted by Gasteiger charge is 2.28. The maximum Gasteiger partial charge on any atom is 0.374 e. The largest absolute Gasteiger partial charge is 0.496 e. The number of nitrogens with two attached hydrogens (primary N) is 1. The first-order chi connectivity index (χ1) is 44.0. The second-order valence-corrected chi connectivity index (χ2v) is 22.6. The molecule has 0 aliphatic carbocycles. The number of piperidine rings is 2. The minimum absolute atomic E-state index is 0.00104. The van der Waals surface area contributed by atoms with E-state index in [9.17, 15) is 28.6 Å². The van der Waals surface area contributed by atoms with Crippen molar-refractivity contribution in [2.75, 3.05) is 66.7 Å². The van der Waals surface area contributed by atoms with Gasteiger partial charge in [0.15, 0.2) is 0 Å². The van der Waals surface area contributed by atoms with Crippen LogP contribution in [-0.4, -0.2) is 166 Å². The first-order valence-electron chi connectivity index (χ1n) is 29.8. The number of hydrogen-bond donors (Lipinski definition) is 7. The number of nitrogens with zero attached hydrogens (tertiary/aromatic N) is 10. The van der Waals surface area contributed by atoms with Gasteiger partial charge in [0.2, 0.25) is 11.6 Å². The van der Waals surface area contributed by atoms with Crippen molar-refractivity contribution in [3.05, 3.63) is 131 Å². The van der Waals surface area contributed by atoms with E-state index in [0.717, 1.165) is 97.3 Å². The number of benzene rings is 4. The van der Waals surface area contributed by atoms with E-state index >= 15 is 0 Å². The number of H-pyrrole nitrogens is 2. The monoisotopic (exact) mass is 1240 g/mol.